The van der Waals surface area contributed by atoms with Gasteiger partial charge in [0.1, 0.15) is 0 Å². The Kier molecular flexibility index (Phi) is 2.89. The van der Waals surface area contributed by atoms with Gasteiger partial charge in [-0.05, 0) is 24.1 Å². The molecule has 80 valence electrons. The van der Waals surface area contributed by atoms with E-state index in [9.17, 15) is 0 Å². The fourth-order valence-electron chi connectivity index (χ4n) is 1.54. The lowest BCUT2D eigenvalue weighted by molar-refractivity contribution is 1.07. The number of benzene rings is 1. The Morgan fingerprint density at radius 3 is 3.25 bits per heavy atom. The van der Waals surface area contributed by atoms with Gasteiger partial charge in [0.25, 0.3) is 0 Å². The lowest BCUT2D eigenvalue weighted by Gasteiger charge is -1.93. The van der Waals surface area contributed by atoms with Gasteiger partial charge in [-0.1, -0.05) is 29.4 Å². The highest BCUT2D eigenvalue weighted by Gasteiger charge is 2.00. The number of fused-ring (bicyclic) bond motifs is 1. The molecule has 0 aliphatic heterocycles. The maximum atomic E-state index is 8.12. The second-order valence-electron chi connectivity index (χ2n) is 3.44. The van der Waals surface area contributed by atoms with Crippen LogP contribution >= 0.6 is 0 Å². The van der Waals surface area contributed by atoms with Crippen LogP contribution in [-0.2, 0) is 0 Å². The standard InChI is InChI=1S/C11H11N5/c1-8-10-5-4-9(3-2-6-13-16-12)7-11(10)15-14-8/h2-5,7H,6H2,1H3,(H,14,15). The van der Waals surface area contributed by atoms with Crippen molar-refractivity contribution in [1.29, 1.82) is 0 Å². The van der Waals surface area contributed by atoms with Gasteiger partial charge >= 0.3 is 0 Å². The van der Waals surface area contributed by atoms with Crippen molar-refractivity contribution < 1.29 is 0 Å². The molecule has 16 heavy (non-hydrogen) atoms. The van der Waals surface area contributed by atoms with Crippen molar-refractivity contribution in [2.45, 2.75) is 6.92 Å². The van der Waals surface area contributed by atoms with Crippen LogP contribution in [0, 0.1) is 6.92 Å². The molecular weight excluding hydrogens is 202 g/mol. The van der Waals surface area contributed by atoms with E-state index in [2.05, 4.69) is 20.2 Å². The molecule has 5 heteroatoms. The molecule has 0 atom stereocenters. The highest BCUT2D eigenvalue weighted by atomic mass is 15.1. The Labute approximate surface area is 92.4 Å². The predicted molar refractivity (Wildman–Crippen MR) is 63.9 cm³/mol. The molecule has 0 aliphatic rings. The van der Waals surface area contributed by atoms with Crippen LogP contribution in [0.1, 0.15) is 11.3 Å². The van der Waals surface area contributed by atoms with E-state index in [0.29, 0.717) is 6.54 Å². The second-order valence-corrected chi connectivity index (χ2v) is 3.44. The third kappa shape index (κ3) is 2.04. The molecule has 2 rings (SSSR count). The van der Waals surface area contributed by atoms with Crippen molar-refractivity contribution in [1.82, 2.24) is 10.2 Å². The van der Waals surface area contributed by atoms with E-state index in [0.717, 1.165) is 22.2 Å². The smallest absolute Gasteiger partial charge is 0.0929 e. The first kappa shape index (κ1) is 10.3. The minimum Gasteiger partial charge on any atom is -0.282 e. The maximum absolute atomic E-state index is 8.12. The fourth-order valence-corrected chi connectivity index (χ4v) is 1.54. The number of rotatable bonds is 3. The molecule has 1 aromatic carbocycles. The molecule has 0 fully saturated rings. The van der Waals surface area contributed by atoms with Crippen molar-refractivity contribution in [3.63, 3.8) is 0 Å². The number of aromatic nitrogens is 2. The number of aromatic amines is 1. The van der Waals surface area contributed by atoms with Gasteiger partial charge in [-0.25, -0.2) is 0 Å². The summed E-state index contributed by atoms with van der Waals surface area (Å²) in [5.41, 5.74) is 11.2. The van der Waals surface area contributed by atoms with Crippen LogP contribution in [0.15, 0.2) is 29.4 Å². The molecule has 0 spiro atoms. The van der Waals surface area contributed by atoms with Crippen LogP contribution in [0.25, 0.3) is 27.4 Å². The monoisotopic (exact) mass is 213 g/mol. The molecule has 0 unspecified atom stereocenters. The highest BCUT2D eigenvalue weighted by Crippen LogP contribution is 2.17. The van der Waals surface area contributed by atoms with E-state index >= 15 is 0 Å². The van der Waals surface area contributed by atoms with Crippen molar-refractivity contribution in [3.8, 4) is 0 Å². The van der Waals surface area contributed by atoms with E-state index in [1.165, 1.54) is 0 Å². The van der Waals surface area contributed by atoms with E-state index in [4.69, 9.17) is 5.53 Å². The van der Waals surface area contributed by atoms with Gasteiger partial charge in [0.05, 0.1) is 5.52 Å². The molecule has 1 N–H and O–H groups in total. The normalized spacial score (nSPS) is 10.8. The number of H-pyrrole nitrogens is 1. The topological polar surface area (TPSA) is 77.4 Å². The average molecular weight is 213 g/mol. The number of nitrogens with one attached hydrogen (secondary N) is 1. The Morgan fingerprint density at radius 2 is 2.44 bits per heavy atom. The lowest BCUT2D eigenvalue weighted by atomic mass is 10.1. The summed E-state index contributed by atoms with van der Waals surface area (Å²) in [7, 11) is 0. The van der Waals surface area contributed by atoms with Crippen LogP contribution in [0.5, 0.6) is 0 Å². The van der Waals surface area contributed by atoms with Gasteiger partial charge in [0.15, 0.2) is 0 Å². The summed E-state index contributed by atoms with van der Waals surface area (Å²) in [6, 6.07) is 6.03. The predicted octanol–water partition coefficient (Wildman–Crippen LogP) is 3.19. The second kappa shape index (κ2) is 4.51. The van der Waals surface area contributed by atoms with Gasteiger partial charge in [-0.3, -0.25) is 5.10 Å². The molecule has 0 radical (unpaired) electrons. The zero-order chi connectivity index (χ0) is 11.4. The van der Waals surface area contributed by atoms with E-state index in [1.54, 1.807) is 0 Å². The number of nitrogens with zero attached hydrogens (tertiary/aromatic N) is 4. The molecule has 0 bridgehead atoms. The highest BCUT2D eigenvalue weighted by molar-refractivity contribution is 5.83. The van der Waals surface area contributed by atoms with Gasteiger partial charge in [-0.15, -0.1) is 0 Å². The SMILES string of the molecule is Cc1[nH]nc2cc(C=CCN=[N+]=[N-])ccc12. The van der Waals surface area contributed by atoms with Gasteiger partial charge in [-0.2, -0.15) is 5.10 Å². The largest absolute Gasteiger partial charge is 0.282 e. The van der Waals surface area contributed by atoms with Gasteiger partial charge < -0.3 is 0 Å². The lowest BCUT2D eigenvalue weighted by Crippen LogP contribution is -1.75. The van der Waals surface area contributed by atoms with Crippen molar-refractivity contribution in [3.05, 3.63) is 46.0 Å². The molecule has 0 amide bonds. The molecule has 0 saturated heterocycles. The summed E-state index contributed by atoms with van der Waals surface area (Å²) < 4.78 is 0. The molecule has 0 aliphatic carbocycles. The molecule has 1 aromatic heterocycles. The number of aryl methyl sites for hydroxylation is 1. The molecule has 5 nitrogen and oxygen atoms in total. The first-order chi connectivity index (χ1) is 7.81. The average Bonchev–Trinajstić information content (AvgIpc) is 2.66. The summed E-state index contributed by atoms with van der Waals surface area (Å²) in [5.74, 6) is 0. The zero-order valence-electron chi connectivity index (χ0n) is 8.88. The van der Waals surface area contributed by atoms with Crippen LogP contribution < -0.4 is 0 Å². The van der Waals surface area contributed by atoms with Crippen LogP contribution in [-0.4, -0.2) is 16.7 Å². The minimum absolute atomic E-state index is 0.369. The molecule has 1 heterocycles. The minimum atomic E-state index is 0.369. The quantitative estimate of drug-likeness (QED) is 0.474. The first-order valence-corrected chi connectivity index (χ1v) is 4.93. The number of hydrogen-bond donors (Lipinski definition) is 1. The summed E-state index contributed by atoms with van der Waals surface area (Å²) in [5, 5.41) is 11.7. The summed E-state index contributed by atoms with van der Waals surface area (Å²) in [6.07, 6.45) is 3.73. The van der Waals surface area contributed by atoms with Gasteiger partial charge in [0.2, 0.25) is 0 Å². The number of azide groups is 1. The van der Waals surface area contributed by atoms with Crippen molar-refractivity contribution in [2.24, 2.45) is 5.11 Å². The van der Waals surface area contributed by atoms with Crippen LogP contribution in [0.2, 0.25) is 0 Å². The van der Waals surface area contributed by atoms with Gasteiger partial charge in [0, 0.05) is 22.5 Å². The Morgan fingerprint density at radius 1 is 1.56 bits per heavy atom. The summed E-state index contributed by atoms with van der Waals surface area (Å²) in [6.45, 7) is 2.36. The first-order valence-electron chi connectivity index (χ1n) is 4.93. The number of hydrogen-bond acceptors (Lipinski definition) is 2. The van der Waals surface area contributed by atoms with E-state index in [1.807, 2.05) is 37.3 Å². The third-order valence-corrected chi connectivity index (χ3v) is 2.33. The Hall–Kier alpha value is -2.26. The summed E-state index contributed by atoms with van der Waals surface area (Å²) >= 11 is 0. The maximum Gasteiger partial charge on any atom is 0.0929 e. The zero-order valence-corrected chi connectivity index (χ0v) is 8.88. The van der Waals surface area contributed by atoms with E-state index in [-0.39, 0.29) is 0 Å². The Bertz CT molecular complexity index is 575. The molecule has 2 aromatic rings. The summed E-state index contributed by atoms with van der Waals surface area (Å²) in [4.78, 5) is 2.68. The van der Waals surface area contributed by atoms with Crippen LogP contribution in [0.4, 0.5) is 0 Å². The van der Waals surface area contributed by atoms with Crippen LogP contribution in [0.3, 0.4) is 0 Å². The van der Waals surface area contributed by atoms with Crippen molar-refractivity contribution >= 4 is 17.0 Å². The van der Waals surface area contributed by atoms with E-state index < -0.39 is 0 Å². The van der Waals surface area contributed by atoms with Crippen molar-refractivity contribution in [2.75, 3.05) is 6.54 Å². The fraction of sp³-hybridized carbons (Fsp3) is 0.182. The Balaban J connectivity index is 2.26. The molecule has 0 saturated carbocycles. The molecular formula is C11H11N5. The third-order valence-electron chi connectivity index (χ3n) is 2.33.